The van der Waals surface area contributed by atoms with Crippen molar-refractivity contribution in [3.05, 3.63) is 3.06 Å². The van der Waals surface area contributed by atoms with E-state index >= 15 is 0 Å². The van der Waals surface area contributed by atoms with Crippen LogP contribution in [0.25, 0.3) is 3.06 Å². The molecule has 0 spiro atoms. The monoisotopic (exact) mass is 240 g/mol. The number of rotatable bonds is 2. The summed E-state index contributed by atoms with van der Waals surface area (Å²) in [4.78, 5) is 2.15. The molecule has 0 unspecified atom stereocenters. The van der Waals surface area contributed by atoms with Crippen molar-refractivity contribution in [3.8, 4) is 6.57 Å². The summed E-state index contributed by atoms with van der Waals surface area (Å²) in [7, 11) is 4.09. The maximum atomic E-state index is 5.10. The molecule has 54 valence electrons. The molecule has 3 heteroatoms. The molecule has 0 bridgehead atoms. The van der Waals surface area contributed by atoms with Crippen LogP contribution in [0.3, 0.4) is 0 Å². The molecule has 0 rings (SSSR count). The fourth-order valence-electron chi connectivity index (χ4n) is 0.195. The standard InChI is InChI=1S/C6H13IN2/c1-6(2,7-8-3)9(4)5/h3H,1-2,4-5H3. The van der Waals surface area contributed by atoms with Crippen molar-refractivity contribution in [2.45, 2.75) is 17.4 Å². The molecule has 0 aliphatic rings. The fourth-order valence-corrected chi connectivity index (χ4v) is 1.31. The minimum atomic E-state index is -0.230. The molecular weight excluding hydrogens is 227 g/mol. The number of hydrogen-bond acceptors (Lipinski definition) is 1. The Hall–Kier alpha value is 0.180. The number of alkyl halides is 1. The average molecular weight is 240 g/mol. The summed E-state index contributed by atoms with van der Waals surface area (Å²) in [6, 6.07) is 0. The van der Waals surface area contributed by atoms with Crippen LogP contribution in [0.5, 0.6) is 0 Å². The summed E-state index contributed by atoms with van der Waals surface area (Å²) in [5.74, 6) is 0. The summed E-state index contributed by atoms with van der Waals surface area (Å²) in [5, 5.41) is 0. The first-order valence-corrected chi connectivity index (χ1v) is 4.78. The van der Waals surface area contributed by atoms with Crippen molar-refractivity contribution in [2.75, 3.05) is 14.1 Å². The zero-order valence-electron chi connectivity index (χ0n) is 6.35. The van der Waals surface area contributed by atoms with Gasteiger partial charge in [0.2, 0.25) is 0 Å². The summed E-state index contributed by atoms with van der Waals surface area (Å²) >= 11 is -0.230. The topological polar surface area (TPSA) is 7.60 Å². The first-order chi connectivity index (χ1) is 4.00. The van der Waals surface area contributed by atoms with Gasteiger partial charge >= 0.3 is 67.5 Å². The number of halogens is 1. The Bertz CT molecular complexity index is 124. The van der Waals surface area contributed by atoms with Gasteiger partial charge in [0, 0.05) is 0 Å². The second-order valence-corrected chi connectivity index (χ2v) is 6.17. The van der Waals surface area contributed by atoms with Crippen molar-refractivity contribution in [2.24, 2.45) is 0 Å². The second kappa shape index (κ2) is 3.37. The molecule has 9 heavy (non-hydrogen) atoms. The van der Waals surface area contributed by atoms with Gasteiger partial charge in [-0.1, -0.05) is 0 Å². The Labute approximate surface area is 67.7 Å². The Morgan fingerprint density at radius 1 is 1.44 bits per heavy atom. The molecule has 0 amide bonds. The SMILES string of the molecule is C#[N+][I-]C(C)(C)N(C)C. The van der Waals surface area contributed by atoms with Gasteiger partial charge in [-0.25, -0.2) is 0 Å². The minimum absolute atomic E-state index is 0.202. The van der Waals surface area contributed by atoms with Gasteiger partial charge in [-0.05, 0) is 0 Å². The molecule has 0 aliphatic heterocycles. The van der Waals surface area contributed by atoms with Crippen LogP contribution in [0.2, 0.25) is 0 Å². The first-order valence-electron chi connectivity index (χ1n) is 2.73. The first kappa shape index (κ1) is 9.18. The molecule has 0 radical (unpaired) electrons. The molecule has 0 aliphatic carbocycles. The van der Waals surface area contributed by atoms with Gasteiger partial charge in [0.25, 0.3) is 0 Å². The zero-order chi connectivity index (χ0) is 7.49. The van der Waals surface area contributed by atoms with E-state index in [0.717, 1.165) is 0 Å². The Morgan fingerprint density at radius 3 is 2.00 bits per heavy atom. The third-order valence-corrected chi connectivity index (χ3v) is 3.74. The van der Waals surface area contributed by atoms with E-state index in [2.05, 4.69) is 21.8 Å². The van der Waals surface area contributed by atoms with Crippen LogP contribution in [0, 0.1) is 6.57 Å². The summed E-state index contributed by atoms with van der Waals surface area (Å²) in [6.07, 6.45) is 0. The molecule has 0 saturated heterocycles. The molecule has 0 N–H and O–H groups in total. The Morgan fingerprint density at radius 2 is 1.89 bits per heavy atom. The van der Waals surface area contributed by atoms with E-state index in [1.54, 1.807) is 0 Å². The van der Waals surface area contributed by atoms with Gasteiger partial charge in [0.15, 0.2) is 0 Å². The van der Waals surface area contributed by atoms with Crippen molar-refractivity contribution in [3.63, 3.8) is 0 Å². The number of nitrogens with zero attached hydrogens (tertiary/aromatic N) is 2. The summed E-state index contributed by atoms with van der Waals surface area (Å²) in [6.45, 7) is 9.40. The Balaban J connectivity index is 3.89. The fraction of sp³-hybridized carbons (Fsp3) is 0.833. The molecular formula is C6H13IN2. The third kappa shape index (κ3) is 3.01. The summed E-state index contributed by atoms with van der Waals surface area (Å²) in [5.41, 5.74) is 0. The molecule has 0 aromatic carbocycles. The van der Waals surface area contributed by atoms with E-state index in [0.29, 0.717) is 0 Å². The van der Waals surface area contributed by atoms with Crippen molar-refractivity contribution < 1.29 is 21.5 Å². The van der Waals surface area contributed by atoms with E-state index in [1.807, 2.05) is 14.1 Å². The van der Waals surface area contributed by atoms with Crippen LogP contribution in [0.15, 0.2) is 0 Å². The van der Waals surface area contributed by atoms with Crippen molar-refractivity contribution >= 4 is 0 Å². The molecule has 0 fully saturated rings. The normalized spacial score (nSPS) is 12.0. The quantitative estimate of drug-likeness (QED) is 0.315. The van der Waals surface area contributed by atoms with Crippen LogP contribution in [-0.2, 0) is 0 Å². The van der Waals surface area contributed by atoms with Crippen LogP contribution < -0.4 is 21.5 Å². The predicted octanol–water partition coefficient (Wildman–Crippen LogP) is -1.75. The van der Waals surface area contributed by atoms with Gasteiger partial charge in [-0.3, -0.25) is 0 Å². The van der Waals surface area contributed by atoms with Gasteiger partial charge in [0.05, 0.1) is 0 Å². The van der Waals surface area contributed by atoms with Gasteiger partial charge in [0.1, 0.15) is 0 Å². The van der Waals surface area contributed by atoms with Gasteiger partial charge in [-0.2, -0.15) is 0 Å². The molecule has 0 aromatic heterocycles. The molecule has 0 heterocycles. The maximum absolute atomic E-state index is 5.10. The average Bonchev–Trinajstić information content (AvgIpc) is 1.65. The second-order valence-electron chi connectivity index (χ2n) is 2.49. The van der Waals surface area contributed by atoms with E-state index in [4.69, 9.17) is 6.57 Å². The van der Waals surface area contributed by atoms with Crippen LogP contribution >= 0.6 is 0 Å². The van der Waals surface area contributed by atoms with E-state index in [1.165, 1.54) is 0 Å². The zero-order valence-corrected chi connectivity index (χ0v) is 8.51. The molecule has 2 nitrogen and oxygen atoms in total. The van der Waals surface area contributed by atoms with Crippen LogP contribution in [0.4, 0.5) is 0 Å². The molecule has 0 saturated carbocycles. The predicted molar refractivity (Wildman–Crippen MR) is 36.1 cm³/mol. The van der Waals surface area contributed by atoms with E-state index in [-0.39, 0.29) is 25.0 Å². The van der Waals surface area contributed by atoms with Crippen molar-refractivity contribution in [1.82, 2.24) is 4.90 Å². The summed E-state index contributed by atoms with van der Waals surface area (Å²) < 4.78 is 3.90. The van der Waals surface area contributed by atoms with E-state index in [9.17, 15) is 0 Å². The van der Waals surface area contributed by atoms with Gasteiger partial charge < -0.3 is 0 Å². The third-order valence-electron chi connectivity index (χ3n) is 1.32. The van der Waals surface area contributed by atoms with Crippen LogP contribution in [-0.4, -0.2) is 22.5 Å². The molecule has 0 atom stereocenters. The Kier molecular flexibility index (Phi) is 3.44. The van der Waals surface area contributed by atoms with Crippen molar-refractivity contribution in [1.29, 1.82) is 0 Å². The molecule has 0 aromatic rings. The van der Waals surface area contributed by atoms with Gasteiger partial charge in [-0.15, -0.1) is 0 Å². The number of hydrogen-bond donors (Lipinski definition) is 0. The van der Waals surface area contributed by atoms with Crippen LogP contribution in [0.1, 0.15) is 13.8 Å². The van der Waals surface area contributed by atoms with E-state index < -0.39 is 0 Å².